The molecule has 0 aromatic heterocycles. The smallest absolute Gasteiger partial charge is 0.237 e. The third kappa shape index (κ3) is 6.23. The number of nitrogens with one attached hydrogen (secondary N) is 2. The van der Waals surface area contributed by atoms with Crippen molar-refractivity contribution in [1.29, 1.82) is 0 Å². The van der Waals surface area contributed by atoms with Gasteiger partial charge in [0.2, 0.25) is 11.8 Å². The molecule has 0 spiro atoms. The number of thioether (sulfide) groups is 1. The molecule has 2 rings (SSSR count). The van der Waals surface area contributed by atoms with Gasteiger partial charge < -0.3 is 10.6 Å². The SMILES string of the molecule is CCCC(=O)Nc1ccc(SC(C)C(=O)Nc2ccc(F)cc2)cc1. The quantitative estimate of drug-likeness (QED) is 0.705. The maximum atomic E-state index is 12.9. The highest BCUT2D eigenvalue weighted by Gasteiger charge is 2.14. The minimum atomic E-state index is -0.341. The number of hydrogen-bond donors (Lipinski definition) is 2. The second kappa shape index (κ2) is 9.22. The van der Waals surface area contributed by atoms with Crippen molar-refractivity contribution in [2.45, 2.75) is 36.8 Å². The average Bonchev–Trinajstić information content (AvgIpc) is 2.59. The van der Waals surface area contributed by atoms with E-state index in [1.807, 2.05) is 31.2 Å². The summed E-state index contributed by atoms with van der Waals surface area (Å²) < 4.78 is 12.9. The Kier molecular flexibility index (Phi) is 7.01. The van der Waals surface area contributed by atoms with Gasteiger partial charge in [-0.1, -0.05) is 6.92 Å². The van der Waals surface area contributed by atoms with Gasteiger partial charge in [-0.25, -0.2) is 4.39 Å². The van der Waals surface area contributed by atoms with E-state index in [1.54, 1.807) is 6.92 Å². The molecule has 0 aliphatic heterocycles. The molecular weight excluding hydrogens is 339 g/mol. The first-order valence-corrected chi connectivity index (χ1v) is 8.99. The van der Waals surface area contributed by atoms with Crippen LogP contribution in [0.5, 0.6) is 0 Å². The molecule has 2 aromatic rings. The lowest BCUT2D eigenvalue weighted by Gasteiger charge is -2.12. The number of carbonyl (C=O) groups is 2. The molecule has 0 radical (unpaired) electrons. The van der Waals surface area contributed by atoms with Gasteiger partial charge >= 0.3 is 0 Å². The van der Waals surface area contributed by atoms with E-state index in [4.69, 9.17) is 0 Å². The fraction of sp³-hybridized carbons (Fsp3) is 0.263. The summed E-state index contributed by atoms with van der Waals surface area (Å²) in [4.78, 5) is 24.7. The largest absolute Gasteiger partial charge is 0.326 e. The van der Waals surface area contributed by atoms with Crippen molar-refractivity contribution in [2.75, 3.05) is 10.6 Å². The molecule has 0 saturated carbocycles. The first-order chi connectivity index (χ1) is 12.0. The van der Waals surface area contributed by atoms with Gasteiger partial charge in [0.25, 0.3) is 0 Å². The maximum absolute atomic E-state index is 12.9. The van der Waals surface area contributed by atoms with Crippen LogP contribution in [0.1, 0.15) is 26.7 Å². The van der Waals surface area contributed by atoms with Crippen LogP contribution in [0.3, 0.4) is 0 Å². The monoisotopic (exact) mass is 360 g/mol. The van der Waals surface area contributed by atoms with Crippen LogP contribution in [0.4, 0.5) is 15.8 Å². The number of carbonyl (C=O) groups excluding carboxylic acids is 2. The predicted octanol–water partition coefficient (Wildman–Crippen LogP) is 4.68. The molecule has 0 aliphatic rings. The van der Waals surface area contributed by atoms with Crippen LogP contribution in [0.15, 0.2) is 53.4 Å². The summed E-state index contributed by atoms with van der Waals surface area (Å²) in [6.07, 6.45) is 1.30. The molecule has 4 nitrogen and oxygen atoms in total. The van der Waals surface area contributed by atoms with Gasteiger partial charge in [0.15, 0.2) is 0 Å². The third-order valence-corrected chi connectivity index (χ3v) is 4.52. The van der Waals surface area contributed by atoms with Gasteiger partial charge in [0, 0.05) is 22.7 Å². The van der Waals surface area contributed by atoms with Gasteiger partial charge in [-0.15, -0.1) is 11.8 Å². The summed E-state index contributed by atoms with van der Waals surface area (Å²) in [7, 11) is 0. The standard InChI is InChI=1S/C19H21FN2O2S/c1-3-4-18(23)21-15-9-11-17(12-10-15)25-13(2)19(24)22-16-7-5-14(20)6-8-16/h5-13H,3-4H2,1-2H3,(H,21,23)(H,22,24). The maximum Gasteiger partial charge on any atom is 0.237 e. The topological polar surface area (TPSA) is 58.2 Å². The molecule has 0 heterocycles. The molecule has 0 bridgehead atoms. The van der Waals surface area contributed by atoms with Crippen LogP contribution in [0.25, 0.3) is 0 Å². The fourth-order valence-corrected chi connectivity index (χ4v) is 2.97. The molecule has 0 fully saturated rings. The minimum absolute atomic E-state index is 0.00468. The van der Waals surface area contributed by atoms with Crippen molar-refractivity contribution in [3.8, 4) is 0 Å². The average molecular weight is 360 g/mol. The first kappa shape index (κ1) is 19.0. The number of benzene rings is 2. The molecule has 1 atom stereocenters. The van der Waals surface area contributed by atoms with Crippen LogP contribution in [0, 0.1) is 5.82 Å². The zero-order chi connectivity index (χ0) is 18.2. The summed E-state index contributed by atoms with van der Waals surface area (Å²) in [5.74, 6) is -0.501. The predicted molar refractivity (Wildman–Crippen MR) is 100 cm³/mol. The zero-order valence-corrected chi connectivity index (χ0v) is 15.0. The Morgan fingerprint density at radius 3 is 2.16 bits per heavy atom. The molecule has 1 unspecified atom stereocenters. The lowest BCUT2D eigenvalue weighted by molar-refractivity contribution is -0.116. The number of rotatable bonds is 7. The molecule has 2 aromatic carbocycles. The summed E-state index contributed by atoms with van der Waals surface area (Å²) in [6, 6.07) is 13.0. The van der Waals surface area contributed by atoms with E-state index in [0.29, 0.717) is 12.1 Å². The summed E-state index contributed by atoms with van der Waals surface area (Å²) >= 11 is 1.41. The molecule has 6 heteroatoms. The van der Waals surface area contributed by atoms with E-state index < -0.39 is 0 Å². The third-order valence-electron chi connectivity index (χ3n) is 3.41. The van der Waals surface area contributed by atoms with E-state index in [-0.39, 0.29) is 22.9 Å². The molecule has 2 amide bonds. The number of amides is 2. The van der Waals surface area contributed by atoms with Crippen LogP contribution < -0.4 is 10.6 Å². The lowest BCUT2D eigenvalue weighted by atomic mass is 10.3. The van der Waals surface area contributed by atoms with Gasteiger partial charge in [0.05, 0.1) is 5.25 Å². The van der Waals surface area contributed by atoms with Gasteiger partial charge in [-0.05, 0) is 61.9 Å². The minimum Gasteiger partial charge on any atom is -0.326 e. The molecule has 25 heavy (non-hydrogen) atoms. The Hall–Kier alpha value is -2.34. The Labute approximate surface area is 151 Å². The number of hydrogen-bond acceptors (Lipinski definition) is 3. The Morgan fingerprint density at radius 2 is 1.56 bits per heavy atom. The van der Waals surface area contributed by atoms with Gasteiger partial charge in [-0.3, -0.25) is 9.59 Å². The number of anilines is 2. The van der Waals surface area contributed by atoms with Crippen molar-refractivity contribution in [2.24, 2.45) is 0 Å². The zero-order valence-electron chi connectivity index (χ0n) is 14.2. The molecule has 132 valence electrons. The van der Waals surface area contributed by atoms with Crippen LogP contribution in [-0.2, 0) is 9.59 Å². The van der Waals surface area contributed by atoms with Crippen molar-refractivity contribution < 1.29 is 14.0 Å². The van der Waals surface area contributed by atoms with E-state index >= 15 is 0 Å². The van der Waals surface area contributed by atoms with Crippen LogP contribution in [-0.4, -0.2) is 17.1 Å². The molecule has 2 N–H and O–H groups in total. The van der Waals surface area contributed by atoms with Crippen molar-refractivity contribution in [3.63, 3.8) is 0 Å². The van der Waals surface area contributed by atoms with Crippen molar-refractivity contribution in [3.05, 3.63) is 54.3 Å². The van der Waals surface area contributed by atoms with E-state index in [2.05, 4.69) is 10.6 Å². The molecule has 0 saturated heterocycles. The second-order valence-electron chi connectivity index (χ2n) is 5.58. The van der Waals surface area contributed by atoms with Gasteiger partial charge in [-0.2, -0.15) is 0 Å². The highest BCUT2D eigenvalue weighted by atomic mass is 32.2. The second-order valence-corrected chi connectivity index (χ2v) is 6.99. The highest BCUT2D eigenvalue weighted by molar-refractivity contribution is 8.00. The molecule has 0 aliphatic carbocycles. The summed E-state index contributed by atoms with van der Waals surface area (Å²) in [5, 5.41) is 5.27. The first-order valence-electron chi connectivity index (χ1n) is 8.11. The Bertz CT molecular complexity index is 717. The van der Waals surface area contributed by atoms with E-state index in [9.17, 15) is 14.0 Å². The van der Waals surface area contributed by atoms with Crippen LogP contribution >= 0.6 is 11.8 Å². The number of halogens is 1. The van der Waals surface area contributed by atoms with Crippen molar-refractivity contribution in [1.82, 2.24) is 0 Å². The van der Waals surface area contributed by atoms with Crippen molar-refractivity contribution >= 4 is 35.0 Å². The van der Waals surface area contributed by atoms with Crippen LogP contribution in [0.2, 0.25) is 0 Å². The summed E-state index contributed by atoms with van der Waals surface area (Å²) in [5.41, 5.74) is 1.30. The Balaban J connectivity index is 1.88. The fourth-order valence-electron chi connectivity index (χ4n) is 2.10. The normalized spacial score (nSPS) is 11.6. The lowest BCUT2D eigenvalue weighted by Crippen LogP contribution is -2.22. The summed E-state index contributed by atoms with van der Waals surface area (Å²) in [6.45, 7) is 3.76. The molecular formula is C19H21FN2O2S. The van der Waals surface area contributed by atoms with E-state index in [0.717, 1.165) is 17.0 Å². The van der Waals surface area contributed by atoms with Gasteiger partial charge in [0.1, 0.15) is 5.82 Å². The Morgan fingerprint density at radius 1 is 1.00 bits per heavy atom. The van der Waals surface area contributed by atoms with E-state index in [1.165, 1.54) is 36.0 Å². The highest BCUT2D eigenvalue weighted by Crippen LogP contribution is 2.25.